The molecule has 0 saturated carbocycles. The minimum Gasteiger partial charge on any atom is -0.489 e. The summed E-state index contributed by atoms with van der Waals surface area (Å²) in [6.45, 7) is -0.0560. The smallest absolute Gasteiger partial charge is 0.417 e. The number of ether oxygens (including phenoxy) is 2. The molecule has 0 amide bonds. The Kier molecular flexibility index (Phi) is 7.85. The molecule has 1 aromatic heterocycles. The predicted octanol–water partition coefficient (Wildman–Crippen LogP) is 6.21. The topological polar surface area (TPSA) is 90.2 Å². The molecule has 1 N–H and O–H groups in total. The molecule has 3 rings (SSSR count). The van der Waals surface area contributed by atoms with Crippen molar-refractivity contribution in [3.63, 3.8) is 0 Å². The van der Waals surface area contributed by atoms with Crippen molar-refractivity contribution >= 4 is 34.9 Å². The van der Waals surface area contributed by atoms with E-state index in [1.807, 2.05) is 0 Å². The quantitative estimate of drug-likeness (QED) is 0.283. The zero-order chi connectivity index (χ0) is 24.9. The Morgan fingerprint density at radius 1 is 1.12 bits per heavy atom. The lowest BCUT2D eigenvalue weighted by atomic mass is 10.0. The van der Waals surface area contributed by atoms with Gasteiger partial charge in [-0.05, 0) is 11.6 Å². The van der Waals surface area contributed by atoms with Crippen LogP contribution in [0.15, 0.2) is 59.9 Å². The van der Waals surface area contributed by atoms with Crippen LogP contribution < -0.4 is 9.47 Å². The average Bonchev–Trinajstić information content (AvgIpc) is 2.78. The number of alkyl halides is 3. The minimum absolute atomic E-state index is 0.0182. The summed E-state index contributed by atoms with van der Waals surface area (Å²) in [5, 5.41) is 13.0. The summed E-state index contributed by atoms with van der Waals surface area (Å²) in [5.41, 5.74) is -0.433. The van der Waals surface area contributed by atoms with Gasteiger partial charge in [0.25, 0.3) is 0 Å². The molecule has 0 fully saturated rings. The summed E-state index contributed by atoms with van der Waals surface area (Å²) in [7, 11) is 1.23. The van der Waals surface area contributed by atoms with Crippen molar-refractivity contribution in [3.8, 4) is 17.4 Å². The molecular weight excluding hydrogens is 500 g/mol. The summed E-state index contributed by atoms with van der Waals surface area (Å²) < 4.78 is 49.2. The van der Waals surface area contributed by atoms with Gasteiger partial charge in [0, 0.05) is 30.0 Å². The molecule has 0 aliphatic rings. The zero-order valence-electron chi connectivity index (χ0n) is 17.3. The molecule has 1 heterocycles. The fourth-order valence-electron chi connectivity index (χ4n) is 2.76. The third-order valence-electron chi connectivity index (χ3n) is 4.29. The SMILES string of the molecule is CON=C(C(=O)O)c1ccccc1COc1cc(Cl)c(Oc2ccc(C(F)(F)F)cn2)c(Cl)c1. The first-order chi connectivity index (χ1) is 16.1. The Balaban J connectivity index is 1.78. The van der Waals surface area contributed by atoms with Gasteiger partial charge in [-0.1, -0.05) is 52.6 Å². The van der Waals surface area contributed by atoms with Gasteiger partial charge in [0.15, 0.2) is 11.5 Å². The maximum absolute atomic E-state index is 12.7. The van der Waals surface area contributed by atoms with Crippen LogP contribution in [-0.4, -0.2) is 28.9 Å². The van der Waals surface area contributed by atoms with E-state index in [9.17, 15) is 23.1 Å². The lowest BCUT2D eigenvalue weighted by Crippen LogP contribution is -2.17. The maximum atomic E-state index is 12.7. The first-order valence-corrected chi connectivity index (χ1v) is 10.1. The molecule has 12 heteroatoms. The van der Waals surface area contributed by atoms with Gasteiger partial charge in [-0.15, -0.1) is 0 Å². The van der Waals surface area contributed by atoms with Crippen molar-refractivity contribution < 1.29 is 37.4 Å². The summed E-state index contributed by atoms with van der Waals surface area (Å²) in [6, 6.07) is 11.2. The number of nitrogens with zero attached hydrogens (tertiary/aromatic N) is 2. The second-order valence-corrected chi connectivity index (χ2v) is 7.39. The Hall–Kier alpha value is -3.50. The van der Waals surface area contributed by atoms with Gasteiger partial charge in [-0.2, -0.15) is 13.2 Å². The highest BCUT2D eigenvalue weighted by atomic mass is 35.5. The van der Waals surface area contributed by atoms with Gasteiger partial charge < -0.3 is 19.4 Å². The second kappa shape index (κ2) is 10.6. The molecule has 178 valence electrons. The molecule has 7 nitrogen and oxygen atoms in total. The number of pyridine rings is 1. The standard InChI is InChI=1S/C22H15Cl2F3N2O5/c1-32-29-19(21(30)31)15-5-3-2-4-12(15)11-33-14-8-16(23)20(17(24)9-14)34-18-7-6-13(10-28-18)22(25,26)27/h2-10H,11H2,1H3,(H,30,31). The van der Waals surface area contributed by atoms with Crippen LogP contribution in [0.2, 0.25) is 10.0 Å². The molecule has 2 aromatic carbocycles. The Bertz CT molecular complexity index is 1190. The second-order valence-electron chi connectivity index (χ2n) is 6.57. The molecule has 0 radical (unpaired) electrons. The van der Waals surface area contributed by atoms with Crippen molar-refractivity contribution in [2.45, 2.75) is 12.8 Å². The largest absolute Gasteiger partial charge is 0.489 e. The lowest BCUT2D eigenvalue weighted by Gasteiger charge is -2.14. The third kappa shape index (κ3) is 6.09. The van der Waals surface area contributed by atoms with Crippen LogP contribution in [0.4, 0.5) is 13.2 Å². The van der Waals surface area contributed by atoms with Crippen LogP contribution in [0.25, 0.3) is 0 Å². The molecule has 0 unspecified atom stereocenters. The number of benzene rings is 2. The van der Waals surface area contributed by atoms with E-state index >= 15 is 0 Å². The van der Waals surface area contributed by atoms with Crippen molar-refractivity contribution in [1.29, 1.82) is 0 Å². The first kappa shape index (κ1) is 25.1. The van der Waals surface area contributed by atoms with E-state index in [4.69, 9.17) is 32.7 Å². The molecule has 0 saturated heterocycles. The van der Waals surface area contributed by atoms with E-state index in [0.717, 1.165) is 12.1 Å². The number of aliphatic carboxylic acids is 1. The van der Waals surface area contributed by atoms with Crippen molar-refractivity contribution in [1.82, 2.24) is 4.98 Å². The molecule has 0 spiro atoms. The van der Waals surface area contributed by atoms with Crippen LogP contribution in [0.3, 0.4) is 0 Å². The Labute approximate surface area is 201 Å². The van der Waals surface area contributed by atoms with Crippen molar-refractivity contribution in [2.24, 2.45) is 5.16 Å². The maximum Gasteiger partial charge on any atom is 0.417 e. The average molecular weight is 515 g/mol. The number of carboxylic acids is 1. The Morgan fingerprint density at radius 3 is 2.35 bits per heavy atom. The van der Waals surface area contributed by atoms with E-state index in [0.29, 0.717) is 17.3 Å². The molecular formula is C22H15Cl2F3N2O5. The molecule has 34 heavy (non-hydrogen) atoms. The molecule has 0 atom stereocenters. The van der Waals surface area contributed by atoms with E-state index in [1.54, 1.807) is 24.3 Å². The third-order valence-corrected chi connectivity index (χ3v) is 4.86. The zero-order valence-corrected chi connectivity index (χ0v) is 18.8. The molecule has 0 bridgehead atoms. The number of hydrogen-bond donors (Lipinski definition) is 1. The first-order valence-electron chi connectivity index (χ1n) is 9.35. The normalized spacial score (nSPS) is 11.8. The number of oxime groups is 1. The summed E-state index contributed by atoms with van der Waals surface area (Å²) in [6.07, 6.45) is -3.90. The monoisotopic (exact) mass is 514 g/mol. The van der Waals surface area contributed by atoms with E-state index in [-0.39, 0.29) is 39.7 Å². The number of aromatic nitrogens is 1. The van der Waals surface area contributed by atoms with Crippen LogP contribution in [0, 0.1) is 0 Å². The number of hydrogen-bond acceptors (Lipinski definition) is 6. The lowest BCUT2D eigenvalue weighted by molar-refractivity contribution is -0.137. The van der Waals surface area contributed by atoms with Gasteiger partial charge in [-0.25, -0.2) is 9.78 Å². The van der Waals surface area contributed by atoms with Gasteiger partial charge in [0.05, 0.1) is 15.6 Å². The highest BCUT2D eigenvalue weighted by molar-refractivity contribution is 6.42. The van der Waals surface area contributed by atoms with Gasteiger partial charge in [0.1, 0.15) is 19.5 Å². The molecule has 0 aliphatic carbocycles. The molecule has 0 aliphatic heterocycles. The minimum atomic E-state index is -4.53. The predicted molar refractivity (Wildman–Crippen MR) is 118 cm³/mol. The fourth-order valence-corrected chi connectivity index (χ4v) is 3.31. The van der Waals surface area contributed by atoms with Crippen molar-refractivity contribution in [3.05, 3.63) is 81.5 Å². The van der Waals surface area contributed by atoms with Gasteiger partial charge in [0.2, 0.25) is 5.88 Å². The van der Waals surface area contributed by atoms with Crippen LogP contribution >= 0.6 is 23.2 Å². The van der Waals surface area contributed by atoms with Gasteiger partial charge in [-0.3, -0.25) is 0 Å². The van der Waals surface area contributed by atoms with Crippen molar-refractivity contribution in [2.75, 3.05) is 7.11 Å². The number of rotatable bonds is 8. The summed E-state index contributed by atoms with van der Waals surface area (Å²) in [4.78, 5) is 19.7. The van der Waals surface area contributed by atoms with Gasteiger partial charge >= 0.3 is 12.1 Å². The highest BCUT2D eigenvalue weighted by Crippen LogP contribution is 2.40. The number of halogens is 5. The van der Waals surface area contributed by atoms with Crippen LogP contribution in [-0.2, 0) is 22.4 Å². The van der Waals surface area contributed by atoms with E-state index in [1.165, 1.54) is 19.2 Å². The van der Waals surface area contributed by atoms with Crippen LogP contribution in [0.1, 0.15) is 16.7 Å². The van der Waals surface area contributed by atoms with E-state index < -0.39 is 17.7 Å². The number of carboxylic acid groups (broad SMARTS) is 1. The fraction of sp³-hybridized carbons (Fsp3) is 0.136. The number of carbonyl (C=O) groups is 1. The summed E-state index contributed by atoms with van der Waals surface area (Å²) in [5.74, 6) is -1.21. The van der Waals surface area contributed by atoms with E-state index in [2.05, 4.69) is 15.0 Å². The summed E-state index contributed by atoms with van der Waals surface area (Å²) >= 11 is 12.4. The van der Waals surface area contributed by atoms with Crippen LogP contribution in [0.5, 0.6) is 17.4 Å². The highest BCUT2D eigenvalue weighted by Gasteiger charge is 2.30. The molecule has 3 aromatic rings. The Morgan fingerprint density at radius 2 is 1.79 bits per heavy atom.